The Balaban J connectivity index is 2.51. The van der Waals surface area contributed by atoms with Crippen molar-refractivity contribution in [2.75, 3.05) is 0 Å². The molecule has 2 rings (SSSR count). The average Bonchev–Trinajstić information content (AvgIpc) is 2.95. The molecule has 92 valence electrons. The fourth-order valence-corrected chi connectivity index (χ4v) is 2.13. The molecule has 0 saturated heterocycles. The molecule has 0 atom stereocenters. The van der Waals surface area contributed by atoms with Crippen molar-refractivity contribution in [1.29, 1.82) is 0 Å². The lowest BCUT2D eigenvalue weighted by Gasteiger charge is -1.97. The summed E-state index contributed by atoms with van der Waals surface area (Å²) in [5, 5.41) is 21.6. The molecule has 0 aliphatic carbocycles. The molecule has 0 fully saturated rings. The van der Waals surface area contributed by atoms with Crippen LogP contribution in [0.15, 0.2) is 18.2 Å². The molecule has 2 aromatic rings. The molecule has 8 heteroatoms. The van der Waals surface area contributed by atoms with Gasteiger partial charge in [-0.25, -0.2) is 14.3 Å². The van der Waals surface area contributed by atoms with Crippen molar-refractivity contribution in [3.8, 4) is 5.00 Å². The summed E-state index contributed by atoms with van der Waals surface area (Å²) >= 11 is 0.898. The molecule has 7 nitrogen and oxygen atoms in total. The van der Waals surface area contributed by atoms with Crippen LogP contribution in [0.3, 0.4) is 0 Å². The molecule has 0 saturated carbocycles. The summed E-state index contributed by atoms with van der Waals surface area (Å²) < 4.78 is 1.10. The van der Waals surface area contributed by atoms with Crippen LogP contribution in [0.4, 0.5) is 0 Å². The van der Waals surface area contributed by atoms with Crippen LogP contribution >= 0.6 is 11.3 Å². The zero-order chi connectivity index (χ0) is 13.3. The molecule has 0 amide bonds. The van der Waals surface area contributed by atoms with Gasteiger partial charge in [-0.1, -0.05) is 0 Å². The maximum Gasteiger partial charge on any atom is 0.356 e. The lowest BCUT2D eigenvalue weighted by molar-refractivity contribution is 0.0683. The molecule has 0 aliphatic rings. The van der Waals surface area contributed by atoms with Gasteiger partial charge in [-0.05, 0) is 12.1 Å². The first kappa shape index (κ1) is 12.0. The molecule has 0 radical (unpaired) electrons. The number of aldehydes is 1. The molecule has 0 bridgehead atoms. The Morgan fingerprint density at radius 2 is 2.00 bits per heavy atom. The monoisotopic (exact) mass is 266 g/mol. The topological polar surface area (TPSA) is 109 Å². The van der Waals surface area contributed by atoms with Gasteiger partial charge in [0, 0.05) is 6.07 Å². The van der Waals surface area contributed by atoms with Gasteiger partial charge in [0.15, 0.2) is 12.0 Å². The summed E-state index contributed by atoms with van der Waals surface area (Å²) in [7, 11) is 0. The molecule has 0 aromatic carbocycles. The summed E-state index contributed by atoms with van der Waals surface area (Å²) in [6.07, 6.45) is 0.458. The number of carboxylic acid groups (broad SMARTS) is 2. The third-order valence-electron chi connectivity index (χ3n) is 2.09. The molecular formula is C10H6N2O5S. The molecule has 2 heterocycles. The van der Waals surface area contributed by atoms with Gasteiger partial charge in [-0.3, -0.25) is 4.79 Å². The molecule has 18 heavy (non-hydrogen) atoms. The second-order valence-electron chi connectivity index (χ2n) is 3.23. The van der Waals surface area contributed by atoms with E-state index in [1.54, 1.807) is 0 Å². The number of hydrogen-bond acceptors (Lipinski definition) is 5. The third kappa shape index (κ3) is 2.00. The van der Waals surface area contributed by atoms with Crippen LogP contribution in [-0.2, 0) is 0 Å². The minimum atomic E-state index is -1.26. The van der Waals surface area contributed by atoms with Gasteiger partial charge < -0.3 is 10.2 Å². The summed E-state index contributed by atoms with van der Waals surface area (Å²) in [5.41, 5.74) is -0.228. The fraction of sp³-hybridized carbons (Fsp3) is 0. The second-order valence-corrected chi connectivity index (χ2v) is 4.29. The van der Waals surface area contributed by atoms with Gasteiger partial charge in [0.1, 0.15) is 15.6 Å². The van der Waals surface area contributed by atoms with Crippen LogP contribution in [0.1, 0.15) is 30.6 Å². The highest BCUT2D eigenvalue weighted by Gasteiger charge is 2.16. The first-order valence-corrected chi connectivity index (χ1v) is 5.46. The largest absolute Gasteiger partial charge is 0.477 e. The minimum absolute atomic E-state index is 0.0474. The first-order chi connectivity index (χ1) is 8.52. The van der Waals surface area contributed by atoms with Crippen molar-refractivity contribution >= 4 is 29.6 Å². The Morgan fingerprint density at radius 3 is 2.50 bits per heavy atom. The maximum absolute atomic E-state index is 10.8. The van der Waals surface area contributed by atoms with Crippen LogP contribution in [-0.4, -0.2) is 38.2 Å². The van der Waals surface area contributed by atoms with E-state index < -0.39 is 11.9 Å². The second kappa shape index (κ2) is 4.41. The van der Waals surface area contributed by atoms with Gasteiger partial charge in [-0.15, -0.1) is 11.3 Å². The van der Waals surface area contributed by atoms with E-state index in [-0.39, 0.29) is 16.3 Å². The SMILES string of the molecule is O=Cc1cc(C(=O)O)nn1-c1ccc(C(=O)O)s1. The van der Waals surface area contributed by atoms with E-state index in [0.29, 0.717) is 11.3 Å². The molecule has 0 aliphatic heterocycles. The summed E-state index contributed by atoms with van der Waals surface area (Å²) in [5.74, 6) is -2.35. The van der Waals surface area contributed by atoms with Gasteiger partial charge in [0.05, 0.1) is 0 Å². The zero-order valence-corrected chi connectivity index (χ0v) is 9.55. The van der Waals surface area contributed by atoms with E-state index >= 15 is 0 Å². The van der Waals surface area contributed by atoms with Crippen molar-refractivity contribution in [3.05, 3.63) is 34.5 Å². The minimum Gasteiger partial charge on any atom is -0.477 e. The van der Waals surface area contributed by atoms with Crippen LogP contribution in [0.25, 0.3) is 5.00 Å². The first-order valence-electron chi connectivity index (χ1n) is 4.65. The fourth-order valence-electron chi connectivity index (χ4n) is 1.32. The standard InChI is InChI=1S/C10H6N2O5S/c13-4-5-3-6(9(14)15)11-12(5)8-2-1-7(18-8)10(16)17/h1-4H,(H,14,15)(H,16,17). The number of aromatic nitrogens is 2. The highest BCUT2D eigenvalue weighted by molar-refractivity contribution is 7.16. The Morgan fingerprint density at radius 1 is 1.28 bits per heavy atom. The Bertz CT molecular complexity index is 642. The molecule has 2 N–H and O–H groups in total. The van der Waals surface area contributed by atoms with Crippen LogP contribution in [0, 0.1) is 0 Å². The summed E-state index contributed by atoms with van der Waals surface area (Å²) in [6, 6.07) is 3.94. The van der Waals surface area contributed by atoms with Crippen molar-refractivity contribution < 1.29 is 24.6 Å². The van der Waals surface area contributed by atoms with Crippen LogP contribution < -0.4 is 0 Å². The highest BCUT2D eigenvalue weighted by Crippen LogP contribution is 2.22. The number of rotatable bonds is 4. The number of aromatic carboxylic acids is 2. The molecule has 0 spiro atoms. The van der Waals surface area contributed by atoms with Crippen LogP contribution in [0.2, 0.25) is 0 Å². The number of hydrogen-bond donors (Lipinski definition) is 2. The predicted octanol–water partition coefficient (Wildman–Crippen LogP) is 1.14. The predicted molar refractivity (Wildman–Crippen MR) is 60.7 cm³/mol. The van der Waals surface area contributed by atoms with Gasteiger partial charge in [0.2, 0.25) is 0 Å². The lowest BCUT2D eigenvalue weighted by Crippen LogP contribution is -2.01. The number of carbonyl (C=O) groups excluding carboxylic acids is 1. The quantitative estimate of drug-likeness (QED) is 0.803. The molecular weight excluding hydrogens is 260 g/mol. The molecule has 0 unspecified atom stereocenters. The van der Waals surface area contributed by atoms with Gasteiger partial charge in [0.25, 0.3) is 0 Å². The molecule has 2 aromatic heterocycles. The smallest absolute Gasteiger partial charge is 0.356 e. The van der Waals surface area contributed by atoms with E-state index in [1.807, 2.05) is 0 Å². The maximum atomic E-state index is 10.8. The lowest BCUT2D eigenvalue weighted by atomic mass is 10.4. The normalized spacial score (nSPS) is 10.2. The van der Waals surface area contributed by atoms with Crippen molar-refractivity contribution in [3.63, 3.8) is 0 Å². The van der Waals surface area contributed by atoms with Crippen molar-refractivity contribution in [1.82, 2.24) is 9.78 Å². The van der Waals surface area contributed by atoms with E-state index in [9.17, 15) is 14.4 Å². The Hall–Kier alpha value is -2.48. The Kier molecular flexibility index (Phi) is 2.94. The van der Waals surface area contributed by atoms with E-state index in [0.717, 1.165) is 22.1 Å². The van der Waals surface area contributed by atoms with E-state index in [1.165, 1.54) is 12.1 Å². The number of nitrogens with zero attached hydrogens (tertiary/aromatic N) is 2. The average molecular weight is 266 g/mol. The van der Waals surface area contributed by atoms with Crippen molar-refractivity contribution in [2.24, 2.45) is 0 Å². The van der Waals surface area contributed by atoms with Crippen molar-refractivity contribution in [2.45, 2.75) is 0 Å². The third-order valence-corrected chi connectivity index (χ3v) is 3.14. The number of carbonyl (C=O) groups is 3. The highest BCUT2D eigenvalue weighted by atomic mass is 32.1. The Labute approximate surface area is 104 Å². The zero-order valence-electron chi connectivity index (χ0n) is 8.73. The summed E-state index contributed by atoms with van der Waals surface area (Å²) in [6.45, 7) is 0. The number of thiophene rings is 1. The van der Waals surface area contributed by atoms with Crippen LogP contribution in [0.5, 0.6) is 0 Å². The number of carboxylic acids is 2. The van der Waals surface area contributed by atoms with Gasteiger partial charge in [-0.2, -0.15) is 5.10 Å². The van der Waals surface area contributed by atoms with E-state index in [2.05, 4.69) is 5.10 Å². The van der Waals surface area contributed by atoms with E-state index in [4.69, 9.17) is 10.2 Å². The summed E-state index contributed by atoms with van der Waals surface area (Å²) in [4.78, 5) is 32.4. The van der Waals surface area contributed by atoms with Gasteiger partial charge >= 0.3 is 11.9 Å².